The van der Waals surface area contributed by atoms with E-state index in [-0.39, 0.29) is 22.3 Å². The number of anilines is 1. The number of hydrogen-bond acceptors (Lipinski definition) is 5. The average Bonchev–Trinajstić information content (AvgIpc) is 2.97. The molecule has 1 fully saturated rings. The molecule has 0 aromatic heterocycles. The molecule has 1 heterocycles. The van der Waals surface area contributed by atoms with Crippen LogP contribution in [0.3, 0.4) is 0 Å². The number of carbonyl (C=O) groups excluding carboxylic acids is 2. The Bertz CT molecular complexity index is 878. The van der Waals surface area contributed by atoms with Gasteiger partial charge in [0, 0.05) is 5.56 Å². The second-order valence-electron chi connectivity index (χ2n) is 5.35. The zero-order chi connectivity index (χ0) is 18.7. The Morgan fingerprint density at radius 2 is 1.92 bits per heavy atom. The largest absolute Gasteiger partial charge is 0.545 e. The van der Waals surface area contributed by atoms with E-state index in [1.54, 1.807) is 42.5 Å². The van der Waals surface area contributed by atoms with Crippen LogP contribution in [-0.2, 0) is 4.79 Å². The summed E-state index contributed by atoms with van der Waals surface area (Å²) in [5.41, 5.74) is 3.93. The lowest BCUT2D eigenvalue weighted by molar-refractivity contribution is -0.255. The number of aromatic carboxylic acids is 1. The molecule has 2 N–H and O–H groups in total. The monoisotopic (exact) mass is 406 g/mol. The van der Waals surface area contributed by atoms with Crippen LogP contribution in [-0.4, -0.2) is 27.8 Å². The molecule has 0 spiro atoms. The quantitative estimate of drug-likeness (QED) is 0.753. The molecule has 1 atom stereocenters. The maximum Gasteiger partial charge on any atom is 0.252 e. The maximum atomic E-state index is 12.3. The molecule has 1 aliphatic heterocycles. The van der Waals surface area contributed by atoms with Crippen LogP contribution in [0, 0.1) is 0 Å². The number of para-hydroxylation sites is 1. The standard InChI is InChI=1S/C17H14ClN3O3S2/c18-12-7-3-4-8-13(12)19-17(25)20-21-14(22)9-26-15(21)10-5-1-2-6-11(10)16(23)24/h1-8,15H,9H2,(H,23,24)(H2,19,20,25)/p-1/t15-/m1/s1. The molecule has 26 heavy (non-hydrogen) atoms. The van der Waals surface area contributed by atoms with E-state index in [0.29, 0.717) is 16.3 Å². The normalized spacial score (nSPS) is 16.4. The molecule has 0 aliphatic carbocycles. The maximum absolute atomic E-state index is 12.3. The molecule has 1 aliphatic rings. The minimum absolute atomic E-state index is 0.0384. The van der Waals surface area contributed by atoms with Gasteiger partial charge in [0.15, 0.2) is 5.11 Å². The first-order valence-electron chi connectivity index (χ1n) is 7.53. The number of nitrogens with zero attached hydrogens (tertiary/aromatic N) is 1. The van der Waals surface area contributed by atoms with Crippen LogP contribution < -0.4 is 15.8 Å². The molecule has 0 radical (unpaired) electrons. The fourth-order valence-electron chi connectivity index (χ4n) is 2.50. The molecule has 2 aromatic carbocycles. The third-order valence-electron chi connectivity index (χ3n) is 3.66. The molecule has 2 aromatic rings. The molecule has 0 unspecified atom stereocenters. The number of hydrogen-bond donors (Lipinski definition) is 2. The predicted octanol–water partition coefficient (Wildman–Crippen LogP) is 2.18. The van der Waals surface area contributed by atoms with Crippen LogP contribution in [0.25, 0.3) is 0 Å². The summed E-state index contributed by atoms with van der Waals surface area (Å²) in [5.74, 6) is -1.30. The van der Waals surface area contributed by atoms with E-state index in [1.165, 1.54) is 22.8 Å². The zero-order valence-electron chi connectivity index (χ0n) is 13.3. The zero-order valence-corrected chi connectivity index (χ0v) is 15.7. The van der Waals surface area contributed by atoms with Gasteiger partial charge in [-0.2, -0.15) is 0 Å². The van der Waals surface area contributed by atoms with Gasteiger partial charge in [0.1, 0.15) is 5.37 Å². The van der Waals surface area contributed by atoms with Gasteiger partial charge in [0.05, 0.1) is 22.4 Å². The highest BCUT2D eigenvalue weighted by Gasteiger charge is 2.35. The van der Waals surface area contributed by atoms with Crippen molar-refractivity contribution in [3.8, 4) is 0 Å². The summed E-state index contributed by atoms with van der Waals surface area (Å²) in [4.78, 5) is 23.6. The fraction of sp³-hybridized carbons (Fsp3) is 0.118. The number of thiocarbonyl (C=S) groups is 1. The summed E-state index contributed by atoms with van der Waals surface area (Å²) < 4.78 is 0. The summed E-state index contributed by atoms with van der Waals surface area (Å²) in [7, 11) is 0. The van der Waals surface area contributed by atoms with Gasteiger partial charge in [-0.05, 0) is 29.9 Å². The molecule has 0 saturated carbocycles. The molecular formula is C17H13ClN3O3S2-. The number of nitrogens with one attached hydrogen (secondary N) is 2. The number of thioether (sulfide) groups is 1. The van der Waals surface area contributed by atoms with Crippen molar-refractivity contribution in [1.82, 2.24) is 10.4 Å². The summed E-state index contributed by atoms with van der Waals surface area (Å²) in [5, 5.41) is 15.7. The first-order valence-corrected chi connectivity index (χ1v) is 9.37. The van der Waals surface area contributed by atoms with Crippen molar-refractivity contribution in [2.24, 2.45) is 0 Å². The summed E-state index contributed by atoms with van der Waals surface area (Å²) >= 11 is 12.7. The number of halogens is 1. The van der Waals surface area contributed by atoms with Crippen molar-refractivity contribution in [1.29, 1.82) is 0 Å². The topological polar surface area (TPSA) is 84.5 Å². The fourth-order valence-corrected chi connectivity index (χ4v) is 4.03. The van der Waals surface area contributed by atoms with Crippen LogP contribution >= 0.6 is 35.6 Å². The van der Waals surface area contributed by atoms with Crippen LogP contribution in [0.2, 0.25) is 5.02 Å². The van der Waals surface area contributed by atoms with Crippen LogP contribution in [0.4, 0.5) is 5.69 Å². The SMILES string of the molecule is O=C([O-])c1ccccc1[C@H]1SCC(=O)N1NC(=S)Nc1ccccc1Cl. The summed E-state index contributed by atoms with van der Waals surface area (Å²) in [6.07, 6.45) is 0. The first kappa shape index (κ1) is 18.5. The van der Waals surface area contributed by atoms with Gasteiger partial charge < -0.3 is 15.2 Å². The van der Waals surface area contributed by atoms with Crippen LogP contribution in [0.5, 0.6) is 0 Å². The number of benzene rings is 2. The van der Waals surface area contributed by atoms with E-state index in [4.69, 9.17) is 23.8 Å². The highest BCUT2D eigenvalue weighted by Crippen LogP contribution is 2.38. The Morgan fingerprint density at radius 3 is 2.65 bits per heavy atom. The van der Waals surface area contributed by atoms with Gasteiger partial charge in [-0.15, -0.1) is 11.8 Å². The van der Waals surface area contributed by atoms with Crippen molar-refractivity contribution < 1.29 is 14.7 Å². The third kappa shape index (κ3) is 3.92. The second kappa shape index (κ2) is 7.94. The number of carbonyl (C=O) groups is 2. The van der Waals surface area contributed by atoms with E-state index in [0.717, 1.165) is 0 Å². The van der Waals surface area contributed by atoms with Gasteiger partial charge in [0.25, 0.3) is 5.91 Å². The van der Waals surface area contributed by atoms with E-state index in [1.807, 2.05) is 0 Å². The van der Waals surface area contributed by atoms with Crippen molar-refractivity contribution in [2.45, 2.75) is 5.37 Å². The van der Waals surface area contributed by atoms with Crippen molar-refractivity contribution in [3.05, 3.63) is 64.7 Å². The van der Waals surface area contributed by atoms with Gasteiger partial charge in [0.2, 0.25) is 0 Å². The Labute approximate surface area is 164 Å². The highest BCUT2D eigenvalue weighted by molar-refractivity contribution is 8.00. The highest BCUT2D eigenvalue weighted by atomic mass is 35.5. The van der Waals surface area contributed by atoms with Gasteiger partial charge in [-0.1, -0.05) is 48.0 Å². The van der Waals surface area contributed by atoms with Gasteiger partial charge in [-0.3, -0.25) is 10.2 Å². The Hall–Kier alpha value is -2.29. The Kier molecular flexibility index (Phi) is 5.65. The van der Waals surface area contributed by atoms with Crippen molar-refractivity contribution in [3.63, 3.8) is 0 Å². The second-order valence-corrected chi connectivity index (χ2v) is 7.23. The molecule has 1 amide bonds. The van der Waals surface area contributed by atoms with Crippen molar-refractivity contribution >= 4 is 58.3 Å². The molecule has 3 rings (SSSR count). The van der Waals surface area contributed by atoms with Crippen LogP contribution in [0.1, 0.15) is 21.3 Å². The number of carboxylic acid groups (broad SMARTS) is 1. The molecular weight excluding hydrogens is 394 g/mol. The number of hydrazine groups is 1. The Morgan fingerprint density at radius 1 is 1.23 bits per heavy atom. The Balaban J connectivity index is 1.80. The lowest BCUT2D eigenvalue weighted by Gasteiger charge is -2.27. The lowest BCUT2D eigenvalue weighted by Crippen LogP contribution is -2.46. The first-order chi connectivity index (χ1) is 12.5. The predicted molar refractivity (Wildman–Crippen MR) is 104 cm³/mol. The average molecular weight is 407 g/mol. The van der Waals surface area contributed by atoms with E-state index in [9.17, 15) is 14.7 Å². The summed E-state index contributed by atoms with van der Waals surface area (Å²) in [6.45, 7) is 0. The molecule has 9 heteroatoms. The number of carboxylic acids is 1. The number of rotatable bonds is 4. The van der Waals surface area contributed by atoms with E-state index < -0.39 is 11.3 Å². The minimum Gasteiger partial charge on any atom is -0.545 e. The molecule has 1 saturated heterocycles. The van der Waals surface area contributed by atoms with Crippen LogP contribution in [0.15, 0.2) is 48.5 Å². The van der Waals surface area contributed by atoms with Gasteiger partial charge >= 0.3 is 0 Å². The smallest absolute Gasteiger partial charge is 0.252 e. The minimum atomic E-state index is -1.29. The third-order valence-corrected chi connectivity index (χ3v) is 5.38. The molecule has 134 valence electrons. The lowest BCUT2D eigenvalue weighted by atomic mass is 10.1. The van der Waals surface area contributed by atoms with Gasteiger partial charge in [-0.25, -0.2) is 5.01 Å². The molecule has 0 bridgehead atoms. The number of amides is 1. The molecule has 6 nitrogen and oxygen atoms in total. The summed E-state index contributed by atoms with van der Waals surface area (Å²) in [6, 6.07) is 13.5. The van der Waals surface area contributed by atoms with Crippen molar-refractivity contribution in [2.75, 3.05) is 11.1 Å². The van der Waals surface area contributed by atoms with E-state index >= 15 is 0 Å². The van der Waals surface area contributed by atoms with E-state index in [2.05, 4.69) is 10.7 Å².